The highest BCUT2D eigenvalue weighted by atomic mass is 19.4. The van der Waals surface area contributed by atoms with Crippen molar-refractivity contribution in [3.8, 4) is 0 Å². The maximum Gasteiger partial charge on any atom is 0.463 e. The van der Waals surface area contributed by atoms with Gasteiger partial charge in [-0.2, -0.15) is 43.9 Å². The van der Waals surface area contributed by atoms with Crippen molar-refractivity contribution in [1.29, 1.82) is 0 Å². The minimum Gasteiger partial charge on any atom is -0.267 e. The Morgan fingerprint density at radius 1 is 0.654 bits per heavy atom. The van der Waals surface area contributed by atoms with Gasteiger partial charge in [0.1, 0.15) is 5.82 Å². The molecule has 0 saturated carbocycles. The van der Waals surface area contributed by atoms with Gasteiger partial charge in [-0.1, -0.05) is 0 Å². The van der Waals surface area contributed by atoms with E-state index >= 15 is 0 Å². The van der Waals surface area contributed by atoms with E-state index in [1.165, 1.54) is 0 Å². The molecule has 1 aromatic carbocycles. The third-order valence-corrected chi connectivity index (χ3v) is 2.74. The zero-order valence-corrected chi connectivity index (χ0v) is 11.7. The molecule has 0 atom stereocenters. The van der Waals surface area contributed by atoms with Crippen molar-refractivity contribution in [3.05, 3.63) is 30.1 Å². The lowest BCUT2D eigenvalue weighted by Crippen LogP contribution is -2.60. The van der Waals surface area contributed by atoms with Crippen molar-refractivity contribution >= 4 is 17.5 Å². The van der Waals surface area contributed by atoms with Crippen LogP contribution in [0.15, 0.2) is 24.3 Å². The summed E-state index contributed by atoms with van der Waals surface area (Å²) in [6.07, 6.45) is -13.4. The van der Waals surface area contributed by atoms with E-state index in [9.17, 15) is 57.9 Å². The van der Waals surface area contributed by atoms with Crippen molar-refractivity contribution in [2.45, 2.75) is 24.2 Å². The summed E-state index contributed by atoms with van der Waals surface area (Å²) in [5.41, 5.74) is -1.56. The second kappa shape index (κ2) is 6.39. The molecule has 0 fully saturated rings. The van der Waals surface area contributed by atoms with Crippen molar-refractivity contribution in [3.63, 3.8) is 0 Å². The first-order chi connectivity index (χ1) is 11.4. The molecule has 14 heteroatoms. The number of hydrogen-bond acceptors (Lipinski definition) is 2. The second-order valence-electron chi connectivity index (χ2n) is 4.57. The summed E-state index contributed by atoms with van der Waals surface area (Å²) in [7, 11) is 0. The quantitative estimate of drug-likeness (QED) is 0.714. The van der Waals surface area contributed by atoms with Crippen LogP contribution in [0.3, 0.4) is 0 Å². The molecule has 0 spiro atoms. The van der Waals surface area contributed by atoms with Gasteiger partial charge in [0.2, 0.25) is 0 Å². The number of halogens is 11. The lowest BCUT2D eigenvalue weighted by Gasteiger charge is -2.29. The monoisotopic (exact) mass is 403 g/mol. The van der Waals surface area contributed by atoms with E-state index in [1.807, 2.05) is 0 Å². The Morgan fingerprint density at radius 2 is 0.962 bits per heavy atom. The van der Waals surface area contributed by atoms with Gasteiger partial charge in [0, 0.05) is 0 Å². The SMILES string of the molecule is O=C(N(C(=O)C(F)(F)C(F)(F)F)c1ccc(F)cc1)C(F)(F)C(F)(F)F. The van der Waals surface area contributed by atoms with Crippen molar-refractivity contribution in [2.75, 3.05) is 4.90 Å². The Morgan fingerprint density at radius 3 is 1.23 bits per heavy atom. The normalized spacial score (nSPS) is 13.5. The van der Waals surface area contributed by atoms with E-state index < -0.39 is 52.4 Å². The molecule has 0 heterocycles. The average Bonchev–Trinajstić information content (AvgIpc) is 2.46. The van der Waals surface area contributed by atoms with Crippen LogP contribution < -0.4 is 4.90 Å². The first-order valence-electron chi connectivity index (χ1n) is 5.98. The van der Waals surface area contributed by atoms with Crippen LogP contribution >= 0.6 is 0 Å². The van der Waals surface area contributed by atoms with Crippen LogP contribution in [0.5, 0.6) is 0 Å². The highest BCUT2D eigenvalue weighted by Crippen LogP contribution is 2.42. The molecule has 0 aliphatic rings. The van der Waals surface area contributed by atoms with Gasteiger partial charge in [0.05, 0.1) is 5.69 Å². The Kier molecular flexibility index (Phi) is 5.32. The number of benzene rings is 1. The Hall–Kier alpha value is -2.41. The van der Waals surface area contributed by atoms with E-state index in [-0.39, 0.29) is 24.3 Å². The van der Waals surface area contributed by atoms with Gasteiger partial charge in [-0.15, -0.1) is 0 Å². The maximum atomic E-state index is 13.1. The van der Waals surface area contributed by atoms with Gasteiger partial charge in [-0.05, 0) is 24.3 Å². The highest BCUT2D eigenvalue weighted by Gasteiger charge is 2.70. The van der Waals surface area contributed by atoms with Crippen molar-refractivity contribution in [1.82, 2.24) is 0 Å². The van der Waals surface area contributed by atoms with Gasteiger partial charge in [0.25, 0.3) is 0 Å². The fraction of sp³-hybridized carbons (Fsp3) is 0.333. The summed E-state index contributed by atoms with van der Waals surface area (Å²) >= 11 is 0. The minimum atomic E-state index is -6.71. The number of anilines is 1. The average molecular weight is 403 g/mol. The lowest BCUT2D eigenvalue weighted by atomic mass is 10.1. The van der Waals surface area contributed by atoms with Crippen LogP contribution in [0.4, 0.5) is 54.0 Å². The molecule has 0 aliphatic heterocycles. The number of imide groups is 1. The first-order valence-corrected chi connectivity index (χ1v) is 5.98. The molecule has 0 aromatic heterocycles. The number of alkyl halides is 10. The Labute approximate surface area is 136 Å². The number of rotatable bonds is 3. The number of amides is 2. The van der Waals surface area contributed by atoms with Gasteiger partial charge in [0.15, 0.2) is 0 Å². The number of hydrogen-bond donors (Lipinski definition) is 0. The van der Waals surface area contributed by atoms with Crippen LogP contribution in [0.1, 0.15) is 0 Å². The molecule has 26 heavy (non-hydrogen) atoms. The molecule has 0 bridgehead atoms. The van der Waals surface area contributed by atoms with E-state index in [1.54, 1.807) is 0 Å². The third kappa shape index (κ3) is 3.72. The highest BCUT2D eigenvalue weighted by molar-refractivity contribution is 6.19. The number of carbonyl (C=O) groups excluding carboxylic acids is 2. The molecule has 3 nitrogen and oxygen atoms in total. The summed E-state index contributed by atoms with van der Waals surface area (Å²) in [5, 5.41) is 0. The summed E-state index contributed by atoms with van der Waals surface area (Å²) in [4.78, 5) is 21.0. The molecule has 0 radical (unpaired) electrons. The first kappa shape index (κ1) is 21.6. The third-order valence-electron chi connectivity index (χ3n) is 2.74. The van der Waals surface area contributed by atoms with Crippen LogP contribution in [0, 0.1) is 5.82 Å². The molecular formula is C12H4F11NO2. The topological polar surface area (TPSA) is 37.4 Å². The molecule has 1 aromatic rings. The van der Waals surface area contributed by atoms with Gasteiger partial charge in [-0.3, -0.25) is 9.59 Å². The summed E-state index contributed by atoms with van der Waals surface area (Å²) in [6, 6.07) is 0.620. The van der Waals surface area contributed by atoms with Crippen LogP contribution in [-0.2, 0) is 9.59 Å². The molecule has 0 saturated heterocycles. The van der Waals surface area contributed by atoms with Crippen LogP contribution in [0.2, 0.25) is 0 Å². The zero-order valence-electron chi connectivity index (χ0n) is 11.7. The zero-order chi connectivity index (χ0) is 20.7. The smallest absolute Gasteiger partial charge is 0.267 e. The van der Waals surface area contributed by atoms with Crippen molar-refractivity contribution < 1.29 is 57.9 Å². The fourth-order valence-corrected chi connectivity index (χ4v) is 1.44. The standard InChI is InChI=1S/C12H4F11NO2/c13-5-1-3-6(4-2-5)24(7(25)9(14,15)11(18,19)20)8(26)10(16,17)12(21,22)23/h1-4H. The van der Waals surface area contributed by atoms with Gasteiger partial charge < -0.3 is 0 Å². The number of carbonyl (C=O) groups is 2. The van der Waals surface area contributed by atoms with Crippen molar-refractivity contribution in [2.24, 2.45) is 0 Å². The predicted octanol–water partition coefficient (Wildman–Crippen LogP) is 4.08. The van der Waals surface area contributed by atoms with E-state index in [0.29, 0.717) is 0 Å². The lowest BCUT2D eigenvalue weighted by molar-refractivity contribution is -0.273. The summed E-state index contributed by atoms with van der Waals surface area (Å²) < 4.78 is 139. The fourth-order valence-electron chi connectivity index (χ4n) is 1.44. The van der Waals surface area contributed by atoms with Gasteiger partial charge in [-0.25, -0.2) is 9.29 Å². The summed E-state index contributed by atoms with van der Waals surface area (Å²) in [6.45, 7) is 0. The number of nitrogens with zero attached hydrogens (tertiary/aromatic N) is 1. The molecular weight excluding hydrogens is 399 g/mol. The van der Waals surface area contributed by atoms with Gasteiger partial charge >= 0.3 is 36.0 Å². The Bertz CT molecular complexity index is 653. The minimum absolute atomic E-state index is 0.0873. The second-order valence-corrected chi connectivity index (χ2v) is 4.57. The van der Waals surface area contributed by atoms with Crippen LogP contribution in [-0.4, -0.2) is 36.0 Å². The largest absolute Gasteiger partial charge is 0.463 e. The molecule has 146 valence electrons. The van der Waals surface area contributed by atoms with E-state index in [2.05, 4.69) is 0 Å². The summed E-state index contributed by atoms with van der Waals surface area (Å²) in [5.74, 6) is -21.6. The molecule has 2 amide bonds. The predicted molar refractivity (Wildman–Crippen MR) is 60.9 cm³/mol. The molecule has 0 unspecified atom stereocenters. The van der Waals surface area contributed by atoms with Crippen LogP contribution in [0.25, 0.3) is 0 Å². The molecule has 1 rings (SSSR count). The maximum absolute atomic E-state index is 13.1. The molecule has 0 N–H and O–H groups in total. The van der Waals surface area contributed by atoms with E-state index in [0.717, 1.165) is 0 Å². The van der Waals surface area contributed by atoms with E-state index in [4.69, 9.17) is 0 Å². The Balaban J connectivity index is 3.58. The molecule has 0 aliphatic carbocycles.